The summed E-state index contributed by atoms with van der Waals surface area (Å²) < 4.78 is 53.7. The van der Waals surface area contributed by atoms with Crippen LogP contribution < -0.4 is 4.90 Å². The number of carbonyl (C=O) groups excluding carboxylic acids is 1. The van der Waals surface area contributed by atoms with Crippen LogP contribution in [-0.2, 0) is 4.79 Å². The number of halogens is 4. The van der Waals surface area contributed by atoms with Gasteiger partial charge in [0.15, 0.2) is 0 Å². The van der Waals surface area contributed by atoms with Gasteiger partial charge in [-0.25, -0.2) is 0 Å². The molecule has 1 aromatic rings. The number of hydrogen-bond donors (Lipinski definition) is 0. The molecule has 1 aromatic heterocycles. The Hall–Kier alpha value is -1.86. The third kappa shape index (κ3) is 3.00. The fourth-order valence-electron chi connectivity index (χ4n) is 2.36. The summed E-state index contributed by atoms with van der Waals surface area (Å²) in [6, 6.07) is 0. The van der Waals surface area contributed by atoms with Crippen molar-refractivity contribution in [3.8, 4) is 0 Å². The Morgan fingerprint density at radius 1 is 0.955 bits per heavy atom. The van der Waals surface area contributed by atoms with Crippen LogP contribution in [0.15, 0.2) is 0 Å². The molecule has 0 saturated carbocycles. The van der Waals surface area contributed by atoms with E-state index in [4.69, 9.17) is 0 Å². The molecule has 8 heteroatoms. The molecule has 0 aliphatic carbocycles. The number of piperazine rings is 1. The van der Waals surface area contributed by atoms with Crippen LogP contribution in [0.2, 0.25) is 0 Å². The molecular formula is C14H17F4N3O. The number of rotatable bonds is 1. The van der Waals surface area contributed by atoms with Crippen molar-refractivity contribution in [3.63, 3.8) is 0 Å². The van der Waals surface area contributed by atoms with E-state index in [9.17, 15) is 22.4 Å². The van der Waals surface area contributed by atoms with Gasteiger partial charge in [-0.15, -0.1) is 0 Å². The van der Waals surface area contributed by atoms with Gasteiger partial charge >= 0.3 is 0 Å². The zero-order valence-corrected chi connectivity index (χ0v) is 12.6. The largest absolute Gasteiger partial charge is 0.363 e. The van der Waals surface area contributed by atoms with Gasteiger partial charge in [-0.3, -0.25) is 4.79 Å². The van der Waals surface area contributed by atoms with E-state index in [0.29, 0.717) is 0 Å². The molecule has 2 heterocycles. The Labute approximate surface area is 125 Å². The van der Waals surface area contributed by atoms with E-state index in [0.717, 1.165) is 0 Å². The van der Waals surface area contributed by atoms with E-state index >= 15 is 0 Å². The van der Waals surface area contributed by atoms with E-state index in [1.165, 1.54) is 4.90 Å². The van der Waals surface area contributed by atoms with E-state index in [1.54, 1.807) is 25.7 Å². The van der Waals surface area contributed by atoms with E-state index in [1.807, 2.05) is 0 Å². The molecule has 0 spiro atoms. The highest BCUT2D eigenvalue weighted by Crippen LogP contribution is 2.28. The number of pyridine rings is 1. The van der Waals surface area contributed by atoms with Crippen molar-refractivity contribution in [1.82, 2.24) is 9.88 Å². The fraction of sp³-hybridized carbons (Fsp3) is 0.571. The summed E-state index contributed by atoms with van der Waals surface area (Å²) in [5.41, 5.74) is -1.33. The average Bonchev–Trinajstić information content (AvgIpc) is 2.44. The van der Waals surface area contributed by atoms with E-state index < -0.39 is 34.6 Å². The summed E-state index contributed by atoms with van der Waals surface area (Å²) in [5, 5.41) is 0. The van der Waals surface area contributed by atoms with E-state index in [-0.39, 0.29) is 32.1 Å². The lowest BCUT2D eigenvalue weighted by Gasteiger charge is -2.38. The molecule has 1 aliphatic rings. The Bertz CT molecular complexity index is 566. The van der Waals surface area contributed by atoms with Crippen molar-refractivity contribution in [2.45, 2.75) is 20.8 Å². The fourth-order valence-corrected chi connectivity index (χ4v) is 2.36. The van der Waals surface area contributed by atoms with Gasteiger partial charge in [-0.05, 0) is 0 Å². The van der Waals surface area contributed by atoms with Crippen molar-refractivity contribution in [2.75, 3.05) is 31.1 Å². The Morgan fingerprint density at radius 3 is 1.82 bits per heavy atom. The highest BCUT2D eigenvalue weighted by Gasteiger charge is 2.32. The van der Waals surface area contributed by atoms with Gasteiger partial charge in [0, 0.05) is 31.6 Å². The molecule has 1 amide bonds. The van der Waals surface area contributed by atoms with Crippen LogP contribution in [0.5, 0.6) is 0 Å². The first-order chi connectivity index (χ1) is 10.1. The predicted octanol–water partition coefficient (Wildman–Crippen LogP) is 2.33. The average molecular weight is 319 g/mol. The minimum atomic E-state index is -1.68. The molecule has 2 rings (SSSR count). The van der Waals surface area contributed by atoms with Crippen molar-refractivity contribution in [3.05, 3.63) is 23.5 Å². The van der Waals surface area contributed by atoms with Crippen molar-refractivity contribution >= 4 is 11.6 Å². The number of anilines is 1. The van der Waals surface area contributed by atoms with Gasteiger partial charge in [0.1, 0.15) is 5.69 Å². The maximum Gasteiger partial charge on any atom is 0.253 e. The second kappa shape index (κ2) is 5.73. The molecule has 1 aliphatic heterocycles. The Kier molecular flexibility index (Phi) is 4.30. The summed E-state index contributed by atoms with van der Waals surface area (Å²) in [4.78, 5) is 17.4. The number of amides is 1. The molecule has 0 bridgehead atoms. The number of aromatic nitrogens is 1. The van der Waals surface area contributed by atoms with E-state index in [2.05, 4.69) is 4.98 Å². The number of hydrogen-bond acceptors (Lipinski definition) is 3. The number of nitrogens with zero attached hydrogens (tertiary/aromatic N) is 3. The smallest absolute Gasteiger partial charge is 0.253 e. The second-order valence-corrected chi connectivity index (χ2v) is 6.20. The Balaban J connectivity index is 2.18. The topological polar surface area (TPSA) is 36.4 Å². The van der Waals surface area contributed by atoms with Gasteiger partial charge in [-0.1, -0.05) is 20.8 Å². The SMILES string of the molecule is CC(C)(C)C(=O)N1CCN(c2c(F)c(F)nc(F)c2F)CC1. The molecule has 0 N–H and O–H groups in total. The standard InChI is InChI=1S/C14H17F4N3O/c1-14(2,3)13(22)21-6-4-20(5-7-21)10-8(15)11(17)19-12(18)9(10)16/h4-7H2,1-3H3. The van der Waals surface area contributed by atoms with Crippen LogP contribution in [0, 0.1) is 28.9 Å². The van der Waals surface area contributed by atoms with Crippen LogP contribution in [0.1, 0.15) is 20.8 Å². The first kappa shape index (κ1) is 16.5. The summed E-state index contributed by atoms with van der Waals surface area (Å²) >= 11 is 0. The lowest BCUT2D eigenvalue weighted by molar-refractivity contribution is -0.139. The van der Waals surface area contributed by atoms with Gasteiger partial charge in [0.2, 0.25) is 17.5 Å². The van der Waals surface area contributed by atoms with Gasteiger partial charge in [0.25, 0.3) is 11.9 Å². The molecule has 1 saturated heterocycles. The maximum absolute atomic E-state index is 13.7. The first-order valence-corrected chi connectivity index (χ1v) is 6.87. The van der Waals surface area contributed by atoms with Crippen molar-refractivity contribution in [2.24, 2.45) is 5.41 Å². The maximum atomic E-state index is 13.7. The molecule has 0 unspecified atom stereocenters. The van der Waals surface area contributed by atoms with Crippen LogP contribution in [0.3, 0.4) is 0 Å². The third-order valence-corrected chi connectivity index (χ3v) is 3.50. The molecule has 0 atom stereocenters. The molecular weight excluding hydrogens is 302 g/mol. The molecule has 0 aromatic carbocycles. The zero-order valence-electron chi connectivity index (χ0n) is 12.6. The van der Waals surface area contributed by atoms with Crippen LogP contribution in [-0.4, -0.2) is 42.0 Å². The summed E-state index contributed by atoms with van der Waals surface area (Å²) in [6.07, 6.45) is 0. The predicted molar refractivity (Wildman–Crippen MR) is 72.3 cm³/mol. The van der Waals surface area contributed by atoms with Crippen molar-refractivity contribution in [1.29, 1.82) is 0 Å². The summed E-state index contributed by atoms with van der Waals surface area (Å²) in [6.45, 7) is 5.93. The minimum Gasteiger partial charge on any atom is -0.363 e. The minimum absolute atomic E-state index is 0.0819. The first-order valence-electron chi connectivity index (χ1n) is 6.87. The highest BCUT2D eigenvalue weighted by molar-refractivity contribution is 5.81. The molecule has 4 nitrogen and oxygen atoms in total. The lowest BCUT2D eigenvalue weighted by Crippen LogP contribution is -2.52. The monoisotopic (exact) mass is 319 g/mol. The van der Waals surface area contributed by atoms with Crippen LogP contribution >= 0.6 is 0 Å². The second-order valence-electron chi connectivity index (χ2n) is 6.20. The van der Waals surface area contributed by atoms with Crippen LogP contribution in [0.4, 0.5) is 23.2 Å². The summed E-state index contributed by atoms with van der Waals surface area (Å²) in [5.74, 6) is -6.48. The molecule has 22 heavy (non-hydrogen) atoms. The molecule has 1 fully saturated rings. The lowest BCUT2D eigenvalue weighted by atomic mass is 9.94. The van der Waals surface area contributed by atoms with Gasteiger partial charge < -0.3 is 9.80 Å². The van der Waals surface area contributed by atoms with Crippen LogP contribution in [0.25, 0.3) is 0 Å². The quantitative estimate of drug-likeness (QED) is 0.589. The van der Waals surface area contributed by atoms with Crippen molar-refractivity contribution < 1.29 is 22.4 Å². The normalized spacial score (nSPS) is 16.1. The van der Waals surface area contributed by atoms with Gasteiger partial charge in [-0.2, -0.15) is 22.5 Å². The Morgan fingerprint density at radius 2 is 1.41 bits per heavy atom. The molecule has 122 valence electrons. The van der Waals surface area contributed by atoms with Gasteiger partial charge in [0.05, 0.1) is 0 Å². The summed E-state index contributed by atoms with van der Waals surface area (Å²) in [7, 11) is 0. The number of carbonyl (C=O) groups is 1. The zero-order chi connectivity index (χ0) is 16.7. The molecule has 0 radical (unpaired) electrons. The third-order valence-electron chi connectivity index (χ3n) is 3.50. The highest BCUT2D eigenvalue weighted by atomic mass is 19.2.